The molecule has 0 N–H and O–H groups in total. The Balaban J connectivity index is 2.49. The molecule has 0 heterocycles. The fraction of sp³-hybridized carbons (Fsp3) is 0. The largest absolute Gasteiger partial charge is 0.297 e. The molecule has 3 aromatic rings. The van der Waals surface area contributed by atoms with Crippen molar-refractivity contribution in [1.82, 2.24) is 0 Å². The first kappa shape index (κ1) is 12.1. The number of rotatable bonds is 2. The monoisotopic (exact) mass is 271 g/mol. The van der Waals surface area contributed by atoms with E-state index in [-0.39, 0.29) is 4.90 Å². The average molecular weight is 271 g/mol. The summed E-state index contributed by atoms with van der Waals surface area (Å²) in [5, 5.41) is 3.61. The standard InChI is InChI=1S/C15H11O3S/c1-18-19(16,17)15-8-4-7-13-12-6-3-2-5-11(12)9-10-14(13)15/h2-10H,1H2. The summed E-state index contributed by atoms with van der Waals surface area (Å²) < 4.78 is 28.1. The molecule has 3 aromatic carbocycles. The van der Waals surface area contributed by atoms with Crippen molar-refractivity contribution >= 4 is 31.7 Å². The lowest BCUT2D eigenvalue weighted by molar-refractivity contribution is 0.439. The Morgan fingerprint density at radius 2 is 1.53 bits per heavy atom. The van der Waals surface area contributed by atoms with E-state index >= 15 is 0 Å². The Morgan fingerprint density at radius 1 is 0.789 bits per heavy atom. The fourth-order valence-electron chi connectivity index (χ4n) is 2.29. The molecule has 0 saturated carbocycles. The van der Waals surface area contributed by atoms with Gasteiger partial charge in [0.1, 0.15) is 4.90 Å². The summed E-state index contributed by atoms with van der Waals surface area (Å²) in [6.07, 6.45) is 0. The highest BCUT2D eigenvalue weighted by Gasteiger charge is 2.17. The topological polar surface area (TPSA) is 43.4 Å². The van der Waals surface area contributed by atoms with Crippen molar-refractivity contribution in [1.29, 1.82) is 0 Å². The van der Waals surface area contributed by atoms with Gasteiger partial charge in [0.25, 0.3) is 10.1 Å². The van der Waals surface area contributed by atoms with Gasteiger partial charge in [-0.2, -0.15) is 8.42 Å². The molecule has 0 aliphatic carbocycles. The zero-order chi connectivity index (χ0) is 13.5. The molecule has 19 heavy (non-hydrogen) atoms. The second kappa shape index (κ2) is 4.33. The van der Waals surface area contributed by atoms with Crippen LogP contribution in [0.2, 0.25) is 0 Å². The molecule has 0 aliphatic heterocycles. The highest BCUT2D eigenvalue weighted by atomic mass is 32.2. The third-order valence-electron chi connectivity index (χ3n) is 3.17. The Labute approximate surface area is 111 Å². The zero-order valence-corrected chi connectivity index (χ0v) is 10.9. The van der Waals surface area contributed by atoms with Gasteiger partial charge in [-0.25, -0.2) is 0 Å². The van der Waals surface area contributed by atoms with E-state index in [1.165, 1.54) is 6.07 Å². The average Bonchev–Trinajstić information content (AvgIpc) is 2.46. The molecule has 4 heteroatoms. The van der Waals surface area contributed by atoms with Gasteiger partial charge in [0, 0.05) is 5.39 Å². The first-order valence-electron chi connectivity index (χ1n) is 5.72. The third kappa shape index (κ3) is 1.89. The maximum Gasteiger partial charge on any atom is 0.297 e. The summed E-state index contributed by atoms with van der Waals surface area (Å²) >= 11 is 0. The molecule has 0 fully saturated rings. The van der Waals surface area contributed by atoms with Crippen LogP contribution in [0.25, 0.3) is 21.5 Å². The Kier molecular flexibility index (Phi) is 2.77. The summed E-state index contributed by atoms with van der Waals surface area (Å²) in [7, 11) is -0.790. The summed E-state index contributed by atoms with van der Waals surface area (Å²) in [6, 6.07) is 16.7. The quantitative estimate of drug-likeness (QED) is 0.529. The minimum Gasteiger partial charge on any atom is -0.264 e. The Bertz CT molecular complexity index is 867. The maximum atomic E-state index is 11.9. The van der Waals surface area contributed by atoms with Crippen LogP contribution < -0.4 is 0 Å². The van der Waals surface area contributed by atoms with E-state index < -0.39 is 10.1 Å². The van der Waals surface area contributed by atoms with Crippen molar-refractivity contribution in [2.45, 2.75) is 4.90 Å². The van der Waals surface area contributed by atoms with Gasteiger partial charge in [0.15, 0.2) is 0 Å². The zero-order valence-electron chi connectivity index (χ0n) is 10.0. The fourth-order valence-corrected chi connectivity index (χ4v) is 3.11. The van der Waals surface area contributed by atoms with Crippen molar-refractivity contribution in [3.05, 3.63) is 61.7 Å². The first-order chi connectivity index (χ1) is 9.13. The smallest absolute Gasteiger partial charge is 0.264 e. The molecule has 0 aromatic heterocycles. The number of benzene rings is 3. The first-order valence-corrected chi connectivity index (χ1v) is 7.13. The molecule has 0 atom stereocenters. The minimum absolute atomic E-state index is 0.144. The van der Waals surface area contributed by atoms with Gasteiger partial charge in [0.05, 0.1) is 7.11 Å². The van der Waals surface area contributed by atoms with Crippen LogP contribution in [-0.2, 0) is 14.3 Å². The van der Waals surface area contributed by atoms with Crippen LogP contribution in [-0.4, -0.2) is 8.42 Å². The van der Waals surface area contributed by atoms with Gasteiger partial charge < -0.3 is 0 Å². The van der Waals surface area contributed by atoms with Crippen LogP contribution in [0.4, 0.5) is 0 Å². The number of fused-ring (bicyclic) bond motifs is 3. The lowest BCUT2D eigenvalue weighted by atomic mass is 10.0. The van der Waals surface area contributed by atoms with E-state index in [0.717, 1.165) is 16.2 Å². The van der Waals surface area contributed by atoms with Crippen molar-refractivity contribution < 1.29 is 12.6 Å². The summed E-state index contributed by atoms with van der Waals surface area (Å²) in [5.41, 5.74) is 0. The summed E-state index contributed by atoms with van der Waals surface area (Å²) in [5.74, 6) is 0. The van der Waals surface area contributed by atoms with Crippen molar-refractivity contribution in [3.8, 4) is 0 Å². The molecule has 0 amide bonds. The van der Waals surface area contributed by atoms with E-state index in [1.807, 2.05) is 36.4 Å². The third-order valence-corrected chi connectivity index (χ3v) is 4.38. The van der Waals surface area contributed by atoms with E-state index in [0.29, 0.717) is 5.39 Å². The summed E-state index contributed by atoms with van der Waals surface area (Å²) in [4.78, 5) is 0.144. The number of hydrogen-bond donors (Lipinski definition) is 0. The molecule has 0 saturated heterocycles. The van der Waals surface area contributed by atoms with E-state index in [4.69, 9.17) is 0 Å². The van der Waals surface area contributed by atoms with Crippen LogP contribution in [0.15, 0.2) is 59.5 Å². The molecule has 1 radical (unpaired) electrons. The molecule has 3 nitrogen and oxygen atoms in total. The van der Waals surface area contributed by atoms with Crippen molar-refractivity contribution in [2.75, 3.05) is 0 Å². The van der Waals surface area contributed by atoms with Gasteiger partial charge in [-0.05, 0) is 22.2 Å². The summed E-state index contributed by atoms with van der Waals surface area (Å²) in [6.45, 7) is 0. The van der Waals surface area contributed by atoms with Gasteiger partial charge in [-0.15, -0.1) is 0 Å². The molecule has 0 aliphatic rings. The second-order valence-corrected chi connectivity index (χ2v) is 5.79. The van der Waals surface area contributed by atoms with Crippen LogP contribution in [0.3, 0.4) is 0 Å². The van der Waals surface area contributed by atoms with Crippen LogP contribution >= 0.6 is 0 Å². The van der Waals surface area contributed by atoms with Crippen LogP contribution in [0, 0.1) is 7.11 Å². The van der Waals surface area contributed by atoms with Gasteiger partial charge >= 0.3 is 0 Å². The number of hydrogen-bond acceptors (Lipinski definition) is 3. The second-order valence-electron chi connectivity index (χ2n) is 4.21. The Hall–Kier alpha value is -1.91. The Morgan fingerprint density at radius 3 is 2.32 bits per heavy atom. The predicted molar refractivity (Wildman–Crippen MR) is 75.1 cm³/mol. The van der Waals surface area contributed by atoms with E-state index in [2.05, 4.69) is 11.3 Å². The lowest BCUT2D eigenvalue weighted by Gasteiger charge is -2.08. The van der Waals surface area contributed by atoms with Crippen LogP contribution in [0.1, 0.15) is 0 Å². The molecule has 0 bridgehead atoms. The molecule has 0 spiro atoms. The molecular formula is C15H11O3S. The highest BCUT2D eigenvalue weighted by molar-refractivity contribution is 7.87. The van der Waals surface area contributed by atoms with Crippen LogP contribution in [0.5, 0.6) is 0 Å². The van der Waals surface area contributed by atoms with Gasteiger partial charge in [-0.1, -0.05) is 48.5 Å². The maximum absolute atomic E-state index is 11.9. The van der Waals surface area contributed by atoms with Gasteiger partial charge in [-0.3, -0.25) is 4.18 Å². The SMILES string of the molecule is [CH2]OS(=O)(=O)c1cccc2c1ccc1ccccc12. The molecule has 0 unspecified atom stereocenters. The molecule has 95 valence electrons. The van der Waals surface area contributed by atoms with E-state index in [1.54, 1.807) is 12.1 Å². The molecular weight excluding hydrogens is 260 g/mol. The molecule has 3 rings (SSSR count). The highest BCUT2D eigenvalue weighted by Crippen LogP contribution is 2.30. The minimum atomic E-state index is -3.80. The normalized spacial score (nSPS) is 12.1. The predicted octanol–water partition coefficient (Wildman–Crippen LogP) is 3.49. The van der Waals surface area contributed by atoms with E-state index in [9.17, 15) is 8.42 Å². The van der Waals surface area contributed by atoms with Crippen molar-refractivity contribution in [2.24, 2.45) is 0 Å². The lowest BCUT2D eigenvalue weighted by Crippen LogP contribution is -2.02. The van der Waals surface area contributed by atoms with Gasteiger partial charge in [0.2, 0.25) is 0 Å². The van der Waals surface area contributed by atoms with Crippen molar-refractivity contribution in [3.63, 3.8) is 0 Å².